The van der Waals surface area contributed by atoms with Gasteiger partial charge in [-0.15, -0.1) is 0 Å². The topological polar surface area (TPSA) is 69.6 Å². The normalized spacial score (nSPS) is 27.6. The van der Waals surface area contributed by atoms with Gasteiger partial charge in [-0.1, -0.05) is 6.92 Å². The molecule has 2 heterocycles. The Balaban J connectivity index is 1.76. The molecule has 5 heteroatoms. The van der Waals surface area contributed by atoms with Gasteiger partial charge >= 0.3 is 5.97 Å². The molecule has 3 atom stereocenters. The van der Waals surface area contributed by atoms with Crippen LogP contribution in [0.2, 0.25) is 0 Å². The highest BCUT2D eigenvalue weighted by Gasteiger charge is 2.28. The Labute approximate surface area is 127 Å². The first kappa shape index (κ1) is 16.3. The predicted octanol–water partition coefficient (Wildman–Crippen LogP) is 1.73. The first-order valence-corrected chi connectivity index (χ1v) is 8.26. The summed E-state index contributed by atoms with van der Waals surface area (Å²) >= 11 is 0. The van der Waals surface area contributed by atoms with Crippen molar-refractivity contribution in [2.45, 2.75) is 45.4 Å². The van der Waals surface area contributed by atoms with Gasteiger partial charge in [0.15, 0.2) is 0 Å². The Hall–Kier alpha value is -1.10. The van der Waals surface area contributed by atoms with Crippen LogP contribution in [0.1, 0.15) is 45.4 Å². The zero-order valence-electron chi connectivity index (χ0n) is 13.0. The highest BCUT2D eigenvalue weighted by molar-refractivity contribution is 5.76. The monoisotopic (exact) mass is 296 g/mol. The van der Waals surface area contributed by atoms with Crippen LogP contribution in [0.5, 0.6) is 0 Å². The number of carbonyl (C=O) groups is 2. The lowest BCUT2D eigenvalue weighted by atomic mass is 9.84. The molecule has 0 aromatic rings. The molecular weight excluding hydrogens is 268 g/mol. The SMILES string of the molecule is CC(CC(=O)O)C1CCCN(C(=O)CCC2CCNC2)C1. The number of carboxylic acid groups (broad SMARTS) is 1. The largest absolute Gasteiger partial charge is 0.481 e. The summed E-state index contributed by atoms with van der Waals surface area (Å²) in [5.41, 5.74) is 0. The van der Waals surface area contributed by atoms with Crippen molar-refractivity contribution >= 4 is 11.9 Å². The molecule has 0 saturated carbocycles. The smallest absolute Gasteiger partial charge is 0.303 e. The van der Waals surface area contributed by atoms with Crippen molar-refractivity contribution in [1.29, 1.82) is 0 Å². The highest BCUT2D eigenvalue weighted by atomic mass is 16.4. The van der Waals surface area contributed by atoms with Gasteiger partial charge in [0.2, 0.25) is 5.91 Å². The second-order valence-corrected chi connectivity index (χ2v) is 6.71. The Morgan fingerprint density at radius 1 is 1.38 bits per heavy atom. The summed E-state index contributed by atoms with van der Waals surface area (Å²) in [6, 6.07) is 0. The molecular formula is C16H28N2O3. The second-order valence-electron chi connectivity index (χ2n) is 6.71. The number of piperidine rings is 1. The molecule has 1 amide bonds. The van der Waals surface area contributed by atoms with Gasteiger partial charge in [0.25, 0.3) is 0 Å². The number of aliphatic carboxylic acids is 1. The first-order valence-electron chi connectivity index (χ1n) is 8.26. The first-order chi connectivity index (χ1) is 10.1. The van der Waals surface area contributed by atoms with E-state index in [0.717, 1.165) is 45.4 Å². The van der Waals surface area contributed by atoms with Crippen LogP contribution in [-0.2, 0) is 9.59 Å². The highest BCUT2D eigenvalue weighted by Crippen LogP contribution is 2.27. The summed E-state index contributed by atoms with van der Waals surface area (Å²) < 4.78 is 0. The van der Waals surface area contributed by atoms with Gasteiger partial charge in [-0.05, 0) is 56.5 Å². The van der Waals surface area contributed by atoms with E-state index < -0.39 is 5.97 Å². The van der Waals surface area contributed by atoms with E-state index in [1.54, 1.807) is 0 Å². The van der Waals surface area contributed by atoms with Gasteiger partial charge in [0.1, 0.15) is 0 Å². The predicted molar refractivity (Wildman–Crippen MR) is 80.9 cm³/mol. The van der Waals surface area contributed by atoms with Crippen LogP contribution in [0.25, 0.3) is 0 Å². The molecule has 2 fully saturated rings. The molecule has 0 aromatic heterocycles. The van der Waals surface area contributed by atoms with E-state index in [2.05, 4.69) is 5.32 Å². The standard InChI is InChI=1S/C16H28N2O3/c1-12(9-16(20)21)14-3-2-8-18(11-14)15(19)5-4-13-6-7-17-10-13/h12-14,17H,2-11H2,1H3,(H,20,21). The number of carbonyl (C=O) groups excluding carboxylic acids is 1. The molecule has 2 aliphatic heterocycles. The summed E-state index contributed by atoms with van der Waals surface area (Å²) in [7, 11) is 0. The summed E-state index contributed by atoms with van der Waals surface area (Å²) in [5.74, 6) is 0.665. The summed E-state index contributed by atoms with van der Waals surface area (Å²) in [6.07, 6.45) is 5.08. The molecule has 2 rings (SSSR count). The molecule has 120 valence electrons. The Kier molecular flexibility index (Phi) is 6.03. The van der Waals surface area contributed by atoms with Crippen LogP contribution in [0.15, 0.2) is 0 Å². The molecule has 0 aromatic carbocycles. The Morgan fingerprint density at radius 3 is 2.86 bits per heavy atom. The molecule has 0 bridgehead atoms. The minimum absolute atomic E-state index is 0.150. The maximum atomic E-state index is 12.3. The third kappa shape index (κ3) is 4.99. The number of nitrogens with one attached hydrogen (secondary N) is 1. The molecule has 2 saturated heterocycles. The Bertz CT molecular complexity index is 367. The summed E-state index contributed by atoms with van der Waals surface area (Å²) in [6.45, 7) is 5.72. The van der Waals surface area contributed by atoms with E-state index in [1.165, 1.54) is 6.42 Å². The summed E-state index contributed by atoms with van der Waals surface area (Å²) in [5, 5.41) is 12.2. The number of hydrogen-bond donors (Lipinski definition) is 2. The third-order valence-corrected chi connectivity index (χ3v) is 5.04. The van der Waals surface area contributed by atoms with Crippen molar-refractivity contribution in [3.05, 3.63) is 0 Å². The van der Waals surface area contributed by atoms with Gasteiger partial charge in [0.05, 0.1) is 0 Å². The van der Waals surface area contributed by atoms with Crippen molar-refractivity contribution < 1.29 is 14.7 Å². The maximum absolute atomic E-state index is 12.3. The number of carboxylic acids is 1. The zero-order valence-corrected chi connectivity index (χ0v) is 13.0. The lowest BCUT2D eigenvalue weighted by Crippen LogP contribution is -2.42. The molecule has 3 unspecified atom stereocenters. The van der Waals surface area contributed by atoms with Gasteiger partial charge in [0, 0.05) is 25.9 Å². The van der Waals surface area contributed by atoms with Gasteiger partial charge in [-0.25, -0.2) is 0 Å². The Morgan fingerprint density at radius 2 is 2.19 bits per heavy atom. The maximum Gasteiger partial charge on any atom is 0.303 e. The van der Waals surface area contributed by atoms with E-state index >= 15 is 0 Å². The number of hydrogen-bond acceptors (Lipinski definition) is 3. The van der Waals surface area contributed by atoms with Crippen molar-refractivity contribution in [2.24, 2.45) is 17.8 Å². The third-order valence-electron chi connectivity index (χ3n) is 5.04. The second kappa shape index (κ2) is 7.78. The minimum Gasteiger partial charge on any atom is -0.481 e. The minimum atomic E-state index is -0.736. The zero-order chi connectivity index (χ0) is 15.2. The van der Waals surface area contributed by atoms with E-state index in [0.29, 0.717) is 18.3 Å². The van der Waals surface area contributed by atoms with E-state index in [1.807, 2.05) is 11.8 Å². The van der Waals surface area contributed by atoms with Crippen LogP contribution in [0.4, 0.5) is 0 Å². The van der Waals surface area contributed by atoms with E-state index in [-0.39, 0.29) is 18.2 Å². The molecule has 21 heavy (non-hydrogen) atoms. The van der Waals surface area contributed by atoms with E-state index in [4.69, 9.17) is 5.11 Å². The van der Waals surface area contributed by atoms with Gasteiger partial charge < -0.3 is 15.3 Å². The fourth-order valence-electron chi connectivity index (χ4n) is 3.59. The van der Waals surface area contributed by atoms with E-state index in [9.17, 15) is 9.59 Å². The van der Waals surface area contributed by atoms with Crippen LogP contribution >= 0.6 is 0 Å². The molecule has 0 aliphatic carbocycles. The van der Waals surface area contributed by atoms with Crippen LogP contribution in [-0.4, -0.2) is 48.1 Å². The average Bonchev–Trinajstić information content (AvgIpc) is 2.97. The number of amides is 1. The molecule has 0 spiro atoms. The number of rotatable bonds is 6. The molecule has 5 nitrogen and oxygen atoms in total. The lowest BCUT2D eigenvalue weighted by molar-refractivity contribution is -0.138. The fraction of sp³-hybridized carbons (Fsp3) is 0.875. The quantitative estimate of drug-likeness (QED) is 0.783. The average molecular weight is 296 g/mol. The molecule has 0 radical (unpaired) electrons. The van der Waals surface area contributed by atoms with Crippen molar-refractivity contribution in [3.8, 4) is 0 Å². The van der Waals surface area contributed by atoms with Gasteiger partial charge in [-0.2, -0.15) is 0 Å². The number of likely N-dealkylation sites (tertiary alicyclic amines) is 1. The molecule has 2 N–H and O–H groups in total. The van der Waals surface area contributed by atoms with Crippen LogP contribution in [0, 0.1) is 17.8 Å². The van der Waals surface area contributed by atoms with Crippen molar-refractivity contribution in [3.63, 3.8) is 0 Å². The van der Waals surface area contributed by atoms with Crippen molar-refractivity contribution in [2.75, 3.05) is 26.2 Å². The fourth-order valence-corrected chi connectivity index (χ4v) is 3.59. The number of nitrogens with zero attached hydrogens (tertiary/aromatic N) is 1. The van der Waals surface area contributed by atoms with Gasteiger partial charge in [-0.3, -0.25) is 9.59 Å². The van der Waals surface area contributed by atoms with Crippen LogP contribution < -0.4 is 5.32 Å². The summed E-state index contributed by atoms with van der Waals surface area (Å²) in [4.78, 5) is 25.1. The lowest BCUT2D eigenvalue weighted by Gasteiger charge is -2.35. The molecule has 2 aliphatic rings. The van der Waals surface area contributed by atoms with Crippen molar-refractivity contribution in [1.82, 2.24) is 10.2 Å². The van der Waals surface area contributed by atoms with Crippen LogP contribution in [0.3, 0.4) is 0 Å².